The number of carbonyl (C=O) groups excluding carboxylic acids is 1. The molecule has 9 heteroatoms. The van der Waals surface area contributed by atoms with Crippen LogP contribution in [-0.4, -0.2) is 43.0 Å². The molecule has 6 nitrogen and oxygen atoms in total. The van der Waals surface area contributed by atoms with Gasteiger partial charge < -0.3 is 4.90 Å². The van der Waals surface area contributed by atoms with Crippen molar-refractivity contribution in [2.75, 3.05) is 6.54 Å². The first-order chi connectivity index (χ1) is 11.4. The number of aromatic nitrogens is 4. The van der Waals surface area contributed by atoms with Gasteiger partial charge in [0.05, 0.1) is 12.6 Å². The smallest absolute Gasteiger partial charge is 0.336 e. The van der Waals surface area contributed by atoms with Crippen molar-refractivity contribution in [2.45, 2.75) is 44.6 Å². The van der Waals surface area contributed by atoms with Crippen LogP contribution < -0.4 is 0 Å². The third kappa shape index (κ3) is 3.77. The average molecular weight is 341 g/mol. The average Bonchev–Trinajstić information content (AvgIpc) is 3.19. The number of piperidine rings is 1. The van der Waals surface area contributed by atoms with Crippen LogP contribution in [-0.2, 0) is 24.1 Å². The minimum absolute atomic E-state index is 0.00352. The maximum atomic E-state index is 12.6. The Morgan fingerprint density at radius 1 is 1.25 bits per heavy atom. The van der Waals surface area contributed by atoms with Gasteiger partial charge in [0, 0.05) is 25.1 Å². The van der Waals surface area contributed by atoms with Crippen molar-refractivity contribution in [1.82, 2.24) is 24.5 Å². The normalized spacial score (nSPS) is 18.8. The van der Waals surface area contributed by atoms with Crippen LogP contribution in [0.25, 0.3) is 0 Å². The molecule has 1 aliphatic heterocycles. The topological polar surface area (TPSA) is 56.0 Å². The van der Waals surface area contributed by atoms with Crippen molar-refractivity contribution in [3.8, 4) is 0 Å². The van der Waals surface area contributed by atoms with E-state index in [1.165, 1.54) is 6.20 Å². The van der Waals surface area contributed by atoms with Crippen molar-refractivity contribution < 1.29 is 18.0 Å². The zero-order chi connectivity index (χ0) is 17.2. The lowest BCUT2D eigenvalue weighted by Gasteiger charge is -2.35. The van der Waals surface area contributed by atoms with E-state index in [1.807, 2.05) is 12.3 Å². The molecule has 0 bridgehead atoms. The molecule has 0 aromatic carbocycles. The second kappa shape index (κ2) is 6.66. The molecule has 0 saturated carbocycles. The molecule has 1 fully saturated rings. The summed E-state index contributed by atoms with van der Waals surface area (Å²) in [7, 11) is 0. The van der Waals surface area contributed by atoms with Gasteiger partial charge in [0.15, 0.2) is 5.69 Å². The van der Waals surface area contributed by atoms with E-state index in [0.717, 1.165) is 30.0 Å². The summed E-state index contributed by atoms with van der Waals surface area (Å²) in [6.07, 6.45) is 2.98. The predicted octanol–water partition coefficient (Wildman–Crippen LogP) is 2.18. The molecule has 3 rings (SSSR count). The molecule has 0 aliphatic carbocycles. The molecular formula is C15H18F3N5O. The molecule has 0 N–H and O–H groups in total. The van der Waals surface area contributed by atoms with Gasteiger partial charge in [0.1, 0.15) is 6.54 Å². The number of hydrogen-bond acceptors (Lipinski definition) is 3. The Morgan fingerprint density at radius 3 is 2.75 bits per heavy atom. The zero-order valence-corrected chi connectivity index (χ0v) is 13.0. The fourth-order valence-corrected chi connectivity index (χ4v) is 2.97. The molecule has 0 radical (unpaired) electrons. The number of halogens is 3. The van der Waals surface area contributed by atoms with E-state index in [-0.39, 0.29) is 18.5 Å². The monoisotopic (exact) mass is 341 g/mol. The second-order valence-corrected chi connectivity index (χ2v) is 5.86. The molecule has 0 unspecified atom stereocenters. The summed E-state index contributed by atoms with van der Waals surface area (Å²) in [6, 6.07) is 2.70. The first-order valence-electron chi connectivity index (χ1n) is 7.81. The third-order valence-corrected chi connectivity index (χ3v) is 4.13. The fraction of sp³-hybridized carbons (Fsp3) is 0.533. The summed E-state index contributed by atoms with van der Waals surface area (Å²) in [5, 5.41) is 7.60. The maximum Gasteiger partial charge on any atom is 0.435 e. The van der Waals surface area contributed by atoms with Crippen LogP contribution in [0.4, 0.5) is 13.2 Å². The Kier molecular flexibility index (Phi) is 4.59. The lowest BCUT2D eigenvalue weighted by molar-refractivity contribution is -0.142. The number of alkyl halides is 3. The molecule has 2 aromatic heterocycles. The molecule has 0 spiro atoms. The van der Waals surface area contributed by atoms with Crippen molar-refractivity contribution in [1.29, 1.82) is 0 Å². The number of likely N-dealkylation sites (tertiary alicyclic amines) is 1. The fourth-order valence-electron chi connectivity index (χ4n) is 2.97. The molecule has 24 heavy (non-hydrogen) atoms. The first-order valence-corrected chi connectivity index (χ1v) is 7.81. The van der Waals surface area contributed by atoms with Crippen LogP contribution in [0.3, 0.4) is 0 Å². The van der Waals surface area contributed by atoms with E-state index < -0.39 is 11.9 Å². The Labute approximate surface area is 136 Å². The molecule has 1 atom stereocenters. The highest BCUT2D eigenvalue weighted by molar-refractivity contribution is 5.76. The Balaban J connectivity index is 1.66. The van der Waals surface area contributed by atoms with E-state index in [0.29, 0.717) is 13.1 Å². The summed E-state index contributed by atoms with van der Waals surface area (Å²) in [4.78, 5) is 14.3. The minimum atomic E-state index is -4.50. The summed E-state index contributed by atoms with van der Waals surface area (Å²) in [5.74, 6) is -0.219. The quantitative estimate of drug-likeness (QED) is 0.856. The van der Waals surface area contributed by atoms with Gasteiger partial charge >= 0.3 is 6.18 Å². The second-order valence-electron chi connectivity index (χ2n) is 5.86. The first kappa shape index (κ1) is 16.5. The van der Waals surface area contributed by atoms with Crippen LogP contribution in [0.2, 0.25) is 0 Å². The van der Waals surface area contributed by atoms with Crippen molar-refractivity contribution in [3.63, 3.8) is 0 Å². The molecule has 3 heterocycles. The molecule has 1 aliphatic rings. The molecule has 1 saturated heterocycles. The lowest BCUT2D eigenvalue weighted by atomic mass is 10.0. The Bertz CT molecular complexity index is 680. The van der Waals surface area contributed by atoms with Crippen LogP contribution in [0.1, 0.15) is 25.0 Å². The van der Waals surface area contributed by atoms with E-state index in [4.69, 9.17) is 0 Å². The Hall–Kier alpha value is -2.32. The van der Waals surface area contributed by atoms with Crippen LogP contribution in [0.5, 0.6) is 0 Å². The van der Waals surface area contributed by atoms with Gasteiger partial charge in [-0.3, -0.25) is 14.2 Å². The van der Waals surface area contributed by atoms with Crippen LogP contribution in [0.15, 0.2) is 30.7 Å². The number of amides is 1. The van der Waals surface area contributed by atoms with Gasteiger partial charge in [0.2, 0.25) is 5.91 Å². The summed E-state index contributed by atoms with van der Waals surface area (Å²) < 4.78 is 40.6. The summed E-state index contributed by atoms with van der Waals surface area (Å²) in [5.41, 5.74) is -0.984. The predicted molar refractivity (Wildman–Crippen MR) is 78.8 cm³/mol. The van der Waals surface area contributed by atoms with Crippen LogP contribution in [0, 0.1) is 0 Å². The van der Waals surface area contributed by atoms with Gasteiger partial charge in [0.25, 0.3) is 0 Å². The molecular weight excluding hydrogens is 323 g/mol. The van der Waals surface area contributed by atoms with Crippen LogP contribution >= 0.6 is 0 Å². The Morgan fingerprint density at radius 2 is 2.08 bits per heavy atom. The van der Waals surface area contributed by atoms with E-state index in [1.54, 1.807) is 15.8 Å². The minimum Gasteiger partial charge on any atom is -0.336 e. The number of hydrogen-bond donors (Lipinski definition) is 0. The molecule has 2 aromatic rings. The number of nitrogens with zero attached hydrogens (tertiary/aromatic N) is 5. The summed E-state index contributed by atoms with van der Waals surface area (Å²) >= 11 is 0. The highest BCUT2D eigenvalue weighted by atomic mass is 19.4. The highest BCUT2D eigenvalue weighted by Gasteiger charge is 2.34. The lowest BCUT2D eigenvalue weighted by Crippen LogP contribution is -2.47. The van der Waals surface area contributed by atoms with Gasteiger partial charge in [-0.25, -0.2) is 0 Å². The van der Waals surface area contributed by atoms with E-state index in [2.05, 4.69) is 10.2 Å². The summed E-state index contributed by atoms with van der Waals surface area (Å²) in [6.45, 7) is 1.01. The molecule has 1 amide bonds. The number of carbonyl (C=O) groups is 1. The van der Waals surface area contributed by atoms with Crippen molar-refractivity contribution >= 4 is 5.91 Å². The van der Waals surface area contributed by atoms with Gasteiger partial charge in [-0.1, -0.05) is 0 Å². The SMILES string of the molecule is O=C(Cn1ccc(C(F)(F)F)n1)N1CCCC[C@H]1Cn1cccn1. The molecule has 130 valence electrons. The highest BCUT2D eigenvalue weighted by Crippen LogP contribution is 2.27. The number of rotatable bonds is 4. The van der Waals surface area contributed by atoms with Gasteiger partial charge in [-0.05, 0) is 31.4 Å². The largest absolute Gasteiger partial charge is 0.435 e. The van der Waals surface area contributed by atoms with Gasteiger partial charge in [-0.15, -0.1) is 0 Å². The third-order valence-electron chi connectivity index (χ3n) is 4.13. The van der Waals surface area contributed by atoms with Crippen molar-refractivity contribution in [2.24, 2.45) is 0 Å². The van der Waals surface area contributed by atoms with Crippen molar-refractivity contribution in [3.05, 3.63) is 36.4 Å². The van der Waals surface area contributed by atoms with Gasteiger partial charge in [-0.2, -0.15) is 23.4 Å². The maximum absolute atomic E-state index is 12.6. The van der Waals surface area contributed by atoms with E-state index in [9.17, 15) is 18.0 Å². The van der Waals surface area contributed by atoms with E-state index >= 15 is 0 Å². The zero-order valence-electron chi connectivity index (χ0n) is 13.0. The standard InChI is InChI=1S/C15H18F3N5O/c16-15(17,18)13-5-9-22(20-13)11-14(24)23-8-2-1-4-12(23)10-21-7-3-6-19-21/h3,5-7,9,12H,1-2,4,8,10-11H2/t12-/m0/s1.